The smallest absolute Gasteiger partial charge is 0.486 e. The van der Waals surface area contributed by atoms with E-state index in [0.29, 0.717) is 36.0 Å². The summed E-state index contributed by atoms with van der Waals surface area (Å²) in [6.45, 7) is 0.826. The Balaban J connectivity index is 2.05. The van der Waals surface area contributed by atoms with Crippen LogP contribution in [0, 0.1) is 0 Å². The van der Waals surface area contributed by atoms with Crippen molar-refractivity contribution in [1.82, 2.24) is 0 Å². The summed E-state index contributed by atoms with van der Waals surface area (Å²) >= 11 is 0. The van der Waals surface area contributed by atoms with Gasteiger partial charge in [-0.3, -0.25) is 0 Å². The molecule has 0 aromatic heterocycles. The highest BCUT2D eigenvalue weighted by atomic mass is 19.4. The van der Waals surface area contributed by atoms with Crippen molar-refractivity contribution in [2.75, 3.05) is 18.9 Å². The van der Waals surface area contributed by atoms with Crippen LogP contribution < -0.4 is 19.9 Å². The van der Waals surface area contributed by atoms with Gasteiger partial charge in [-0.15, -0.1) is 13.2 Å². The van der Waals surface area contributed by atoms with Crippen LogP contribution in [0.2, 0.25) is 0 Å². The second-order valence-electron chi connectivity index (χ2n) is 4.66. The summed E-state index contributed by atoms with van der Waals surface area (Å²) in [7, 11) is 0. The van der Waals surface area contributed by atoms with Crippen LogP contribution in [0.25, 0.3) is 11.1 Å². The lowest BCUT2D eigenvalue weighted by Gasteiger charge is -2.20. The van der Waals surface area contributed by atoms with Crippen molar-refractivity contribution in [2.24, 2.45) is 0 Å². The van der Waals surface area contributed by atoms with Gasteiger partial charge in [0.25, 0.3) is 0 Å². The van der Waals surface area contributed by atoms with E-state index in [4.69, 9.17) is 15.2 Å². The molecule has 0 saturated heterocycles. The molecule has 0 fully saturated rings. The van der Waals surface area contributed by atoms with Crippen LogP contribution in [-0.2, 0) is 0 Å². The molecule has 0 amide bonds. The minimum absolute atomic E-state index is 0.231. The van der Waals surface area contributed by atoms with Gasteiger partial charge in [-0.1, -0.05) is 6.07 Å². The summed E-state index contributed by atoms with van der Waals surface area (Å²) in [5, 5.41) is 0. The van der Waals surface area contributed by atoms with Gasteiger partial charge in [0.2, 0.25) is 0 Å². The highest BCUT2D eigenvalue weighted by molar-refractivity contribution is 5.75. The molecule has 1 aliphatic rings. The van der Waals surface area contributed by atoms with Crippen LogP contribution in [-0.4, -0.2) is 19.6 Å². The zero-order valence-electron chi connectivity index (χ0n) is 11.3. The molecule has 0 bridgehead atoms. The predicted molar refractivity (Wildman–Crippen MR) is 74.0 cm³/mol. The number of nitrogen functional groups attached to an aromatic ring is 1. The molecule has 7 heteroatoms. The molecule has 116 valence electrons. The number of hydrogen-bond donors (Lipinski definition) is 1. The zero-order valence-corrected chi connectivity index (χ0v) is 11.3. The van der Waals surface area contributed by atoms with Crippen LogP contribution in [0.1, 0.15) is 0 Å². The molecule has 4 nitrogen and oxygen atoms in total. The molecule has 0 atom stereocenters. The number of nitrogens with two attached hydrogens (primary N) is 1. The number of ether oxygens (including phenoxy) is 3. The highest BCUT2D eigenvalue weighted by Gasteiger charge is 2.32. The van der Waals surface area contributed by atoms with Crippen LogP contribution in [0.15, 0.2) is 36.4 Å². The number of halogens is 3. The number of alkyl halides is 3. The van der Waals surface area contributed by atoms with Gasteiger partial charge in [-0.2, -0.15) is 0 Å². The van der Waals surface area contributed by atoms with Crippen LogP contribution in [0.5, 0.6) is 17.2 Å². The fraction of sp³-hybridized carbons (Fsp3) is 0.200. The average molecular weight is 311 g/mol. The van der Waals surface area contributed by atoms with E-state index in [1.165, 1.54) is 18.2 Å². The summed E-state index contributed by atoms with van der Waals surface area (Å²) < 4.78 is 52.4. The second kappa shape index (κ2) is 5.32. The van der Waals surface area contributed by atoms with Crippen molar-refractivity contribution in [2.45, 2.75) is 6.36 Å². The Hall–Kier alpha value is -2.57. The molecular weight excluding hydrogens is 299 g/mol. The first-order valence-electron chi connectivity index (χ1n) is 6.48. The molecule has 0 spiro atoms. The standard InChI is InChI=1S/C15H12F3NO3/c16-15(17,18)22-12-4-2-10(19)8-11(12)9-1-3-13-14(7-9)21-6-5-20-13/h1-4,7-8H,5-6,19H2. The fourth-order valence-corrected chi connectivity index (χ4v) is 2.20. The van der Waals surface area contributed by atoms with Crippen molar-refractivity contribution in [3.63, 3.8) is 0 Å². The summed E-state index contributed by atoms with van der Waals surface area (Å²) in [6, 6.07) is 8.84. The van der Waals surface area contributed by atoms with Gasteiger partial charge >= 0.3 is 6.36 Å². The van der Waals surface area contributed by atoms with Crippen LogP contribution in [0.3, 0.4) is 0 Å². The Morgan fingerprint density at radius 2 is 1.68 bits per heavy atom. The van der Waals surface area contributed by atoms with Crippen molar-refractivity contribution in [1.29, 1.82) is 0 Å². The van der Waals surface area contributed by atoms with Crippen molar-refractivity contribution < 1.29 is 27.4 Å². The maximum Gasteiger partial charge on any atom is 0.573 e. The first-order valence-corrected chi connectivity index (χ1v) is 6.48. The SMILES string of the molecule is Nc1ccc(OC(F)(F)F)c(-c2ccc3c(c2)OCCO3)c1. The predicted octanol–water partition coefficient (Wildman–Crippen LogP) is 3.61. The quantitative estimate of drug-likeness (QED) is 0.861. The molecule has 0 aliphatic carbocycles. The number of anilines is 1. The van der Waals surface area contributed by atoms with E-state index < -0.39 is 6.36 Å². The van der Waals surface area contributed by atoms with E-state index >= 15 is 0 Å². The Bertz CT molecular complexity index is 701. The third kappa shape index (κ3) is 3.03. The van der Waals surface area contributed by atoms with Gasteiger partial charge in [0.05, 0.1) is 0 Å². The van der Waals surface area contributed by atoms with Gasteiger partial charge in [0.15, 0.2) is 11.5 Å². The minimum Gasteiger partial charge on any atom is -0.486 e. The highest BCUT2D eigenvalue weighted by Crippen LogP contribution is 2.39. The molecule has 0 unspecified atom stereocenters. The normalized spacial score (nSPS) is 13.8. The third-order valence-corrected chi connectivity index (χ3v) is 3.08. The van der Waals surface area contributed by atoms with Gasteiger partial charge in [-0.25, -0.2) is 0 Å². The maximum absolute atomic E-state index is 12.5. The molecule has 2 aromatic carbocycles. The summed E-state index contributed by atoms with van der Waals surface area (Å²) in [6.07, 6.45) is -4.78. The second-order valence-corrected chi connectivity index (χ2v) is 4.66. The summed E-state index contributed by atoms with van der Waals surface area (Å²) in [5.41, 5.74) is 6.73. The van der Waals surface area contributed by atoms with Gasteiger partial charge in [0, 0.05) is 11.3 Å². The summed E-state index contributed by atoms with van der Waals surface area (Å²) in [5.74, 6) is 0.708. The Morgan fingerprint density at radius 3 is 2.41 bits per heavy atom. The largest absolute Gasteiger partial charge is 0.573 e. The van der Waals surface area contributed by atoms with Gasteiger partial charge < -0.3 is 19.9 Å². The maximum atomic E-state index is 12.5. The lowest BCUT2D eigenvalue weighted by atomic mass is 10.0. The molecular formula is C15H12F3NO3. The van der Waals surface area contributed by atoms with Crippen LogP contribution in [0.4, 0.5) is 18.9 Å². The van der Waals surface area contributed by atoms with E-state index in [1.54, 1.807) is 18.2 Å². The molecule has 2 N–H and O–H groups in total. The lowest BCUT2D eigenvalue weighted by molar-refractivity contribution is -0.274. The molecule has 3 rings (SSSR count). The van der Waals surface area contributed by atoms with E-state index in [-0.39, 0.29) is 11.3 Å². The Morgan fingerprint density at radius 1 is 0.955 bits per heavy atom. The molecule has 0 radical (unpaired) electrons. The molecule has 2 aromatic rings. The Kier molecular flexibility index (Phi) is 3.48. The zero-order chi connectivity index (χ0) is 15.7. The van der Waals surface area contributed by atoms with Crippen molar-refractivity contribution in [3.05, 3.63) is 36.4 Å². The third-order valence-electron chi connectivity index (χ3n) is 3.08. The monoisotopic (exact) mass is 311 g/mol. The number of fused-ring (bicyclic) bond motifs is 1. The Labute approximate surface area is 124 Å². The molecule has 22 heavy (non-hydrogen) atoms. The van der Waals surface area contributed by atoms with E-state index in [9.17, 15) is 13.2 Å². The van der Waals surface area contributed by atoms with E-state index in [0.717, 1.165) is 0 Å². The molecule has 1 heterocycles. The van der Waals surface area contributed by atoms with E-state index in [1.807, 2.05) is 0 Å². The van der Waals surface area contributed by atoms with E-state index in [2.05, 4.69) is 4.74 Å². The lowest BCUT2D eigenvalue weighted by Crippen LogP contribution is -2.18. The topological polar surface area (TPSA) is 53.7 Å². The molecule has 1 aliphatic heterocycles. The van der Waals surface area contributed by atoms with Gasteiger partial charge in [-0.05, 0) is 35.9 Å². The average Bonchev–Trinajstić information content (AvgIpc) is 2.47. The van der Waals surface area contributed by atoms with Gasteiger partial charge in [0.1, 0.15) is 19.0 Å². The molecule has 0 saturated carbocycles. The van der Waals surface area contributed by atoms with Crippen molar-refractivity contribution >= 4 is 5.69 Å². The minimum atomic E-state index is -4.78. The number of benzene rings is 2. The summed E-state index contributed by atoms with van der Waals surface area (Å²) in [4.78, 5) is 0. The number of rotatable bonds is 2. The number of hydrogen-bond acceptors (Lipinski definition) is 4. The van der Waals surface area contributed by atoms with Crippen LogP contribution >= 0.6 is 0 Å². The fourth-order valence-electron chi connectivity index (χ4n) is 2.20. The first-order chi connectivity index (χ1) is 10.4. The van der Waals surface area contributed by atoms with Crippen molar-refractivity contribution in [3.8, 4) is 28.4 Å². The first kappa shape index (κ1) is 14.4.